The topological polar surface area (TPSA) is 98.6 Å². The molecular formula is C19H13N3O5. The number of rotatable bonds is 3. The van der Waals surface area contributed by atoms with E-state index in [1.807, 2.05) is 0 Å². The van der Waals surface area contributed by atoms with Crippen molar-refractivity contribution in [2.45, 2.75) is 0 Å². The van der Waals surface area contributed by atoms with E-state index in [1.165, 1.54) is 7.05 Å². The third kappa shape index (κ3) is 2.58. The van der Waals surface area contributed by atoms with Gasteiger partial charge in [-0.2, -0.15) is 5.10 Å². The molecule has 0 fully saturated rings. The van der Waals surface area contributed by atoms with E-state index >= 15 is 0 Å². The number of nitrogens with zero attached hydrogens (tertiary/aromatic N) is 3. The summed E-state index contributed by atoms with van der Waals surface area (Å²) in [6.07, 6.45) is 0. The van der Waals surface area contributed by atoms with E-state index in [2.05, 4.69) is 5.10 Å². The van der Waals surface area contributed by atoms with E-state index in [0.29, 0.717) is 10.8 Å². The molecule has 3 aromatic rings. The van der Waals surface area contributed by atoms with Crippen LogP contribution in [-0.2, 0) is 11.8 Å². The van der Waals surface area contributed by atoms with Crippen LogP contribution in [0.1, 0.15) is 31.2 Å². The van der Waals surface area contributed by atoms with Crippen molar-refractivity contribution in [2.24, 2.45) is 7.05 Å². The number of amides is 2. The minimum atomic E-state index is -0.835. The van der Waals surface area contributed by atoms with Crippen molar-refractivity contribution in [2.75, 3.05) is 6.73 Å². The molecule has 0 radical (unpaired) electrons. The average molecular weight is 363 g/mol. The van der Waals surface area contributed by atoms with Gasteiger partial charge in [0.1, 0.15) is 0 Å². The molecule has 0 N–H and O–H groups in total. The van der Waals surface area contributed by atoms with Crippen molar-refractivity contribution < 1.29 is 19.1 Å². The van der Waals surface area contributed by atoms with Crippen LogP contribution in [-0.4, -0.2) is 39.2 Å². The van der Waals surface area contributed by atoms with Gasteiger partial charge < -0.3 is 4.74 Å². The monoisotopic (exact) mass is 363 g/mol. The molecule has 8 nitrogen and oxygen atoms in total. The Morgan fingerprint density at radius 2 is 1.48 bits per heavy atom. The summed E-state index contributed by atoms with van der Waals surface area (Å²) in [5.41, 5.74) is 0.125. The summed E-state index contributed by atoms with van der Waals surface area (Å²) in [7, 11) is 1.43. The molecule has 0 atom stereocenters. The standard InChI is InChI=1S/C19H13N3O5/c1-21-16(23)12-7-3-2-6-11(12)15(20-21)19(26)27-10-22-17(24)13-8-4-5-9-14(13)18(22)25/h2-9H,10H2,1H3. The van der Waals surface area contributed by atoms with E-state index in [1.54, 1.807) is 48.5 Å². The van der Waals surface area contributed by atoms with Crippen molar-refractivity contribution in [3.8, 4) is 0 Å². The van der Waals surface area contributed by atoms with Gasteiger partial charge in [0.05, 0.1) is 16.5 Å². The van der Waals surface area contributed by atoms with Gasteiger partial charge in [-0.05, 0) is 18.2 Å². The molecule has 4 rings (SSSR count). The molecule has 2 heterocycles. The molecule has 0 aliphatic carbocycles. The van der Waals surface area contributed by atoms with Crippen LogP contribution < -0.4 is 5.56 Å². The Morgan fingerprint density at radius 1 is 0.926 bits per heavy atom. The van der Waals surface area contributed by atoms with Crippen molar-refractivity contribution >= 4 is 28.6 Å². The SMILES string of the molecule is Cn1nc(C(=O)OCN2C(=O)c3ccccc3C2=O)c2ccccc2c1=O. The quantitative estimate of drug-likeness (QED) is 0.514. The summed E-state index contributed by atoms with van der Waals surface area (Å²) in [5, 5.41) is 4.63. The van der Waals surface area contributed by atoms with Crippen LogP contribution in [0.5, 0.6) is 0 Å². The lowest BCUT2D eigenvalue weighted by Gasteiger charge is -2.14. The maximum absolute atomic E-state index is 12.5. The van der Waals surface area contributed by atoms with Crippen LogP contribution >= 0.6 is 0 Å². The minimum Gasteiger partial charge on any atom is -0.439 e. The third-order valence-corrected chi connectivity index (χ3v) is 4.35. The van der Waals surface area contributed by atoms with Crippen LogP contribution in [0.15, 0.2) is 53.3 Å². The molecule has 1 aliphatic heterocycles. The maximum atomic E-state index is 12.5. The number of aromatic nitrogens is 2. The zero-order valence-electron chi connectivity index (χ0n) is 14.2. The Balaban J connectivity index is 1.61. The average Bonchev–Trinajstić information content (AvgIpc) is 2.93. The van der Waals surface area contributed by atoms with Gasteiger partial charge in [0, 0.05) is 12.4 Å². The number of ether oxygens (including phenoxy) is 1. The normalized spacial score (nSPS) is 13.1. The van der Waals surface area contributed by atoms with Gasteiger partial charge in [-0.3, -0.25) is 14.4 Å². The first-order valence-corrected chi connectivity index (χ1v) is 8.07. The fraction of sp³-hybridized carbons (Fsp3) is 0.105. The Hall–Kier alpha value is -3.81. The maximum Gasteiger partial charge on any atom is 0.361 e. The van der Waals surface area contributed by atoms with Gasteiger partial charge in [-0.25, -0.2) is 14.4 Å². The summed E-state index contributed by atoms with van der Waals surface area (Å²) in [5.74, 6) is -1.89. The van der Waals surface area contributed by atoms with Crippen LogP contribution in [0.25, 0.3) is 10.8 Å². The molecule has 27 heavy (non-hydrogen) atoms. The van der Waals surface area contributed by atoms with Crippen molar-refractivity contribution in [1.82, 2.24) is 14.7 Å². The number of imide groups is 1. The molecule has 2 amide bonds. The highest BCUT2D eigenvalue weighted by molar-refractivity contribution is 6.21. The number of hydrogen-bond donors (Lipinski definition) is 0. The van der Waals surface area contributed by atoms with Crippen LogP contribution in [0.4, 0.5) is 0 Å². The first-order valence-electron chi connectivity index (χ1n) is 8.07. The number of carbonyl (C=O) groups excluding carboxylic acids is 3. The second-order valence-corrected chi connectivity index (χ2v) is 5.97. The van der Waals surface area contributed by atoms with E-state index in [4.69, 9.17) is 4.74 Å². The van der Waals surface area contributed by atoms with E-state index in [-0.39, 0.29) is 22.4 Å². The Labute approximate surface area is 152 Å². The zero-order valence-corrected chi connectivity index (χ0v) is 14.2. The summed E-state index contributed by atoms with van der Waals surface area (Å²) in [6, 6.07) is 12.9. The molecule has 1 aliphatic rings. The van der Waals surface area contributed by atoms with Crippen molar-refractivity contribution in [3.63, 3.8) is 0 Å². The second kappa shape index (κ2) is 6.17. The molecule has 0 saturated heterocycles. The van der Waals surface area contributed by atoms with E-state index < -0.39 is 24.5 Å². The molecule has 0 bridgehead atoms. The highest BCUT2D eigenvalue weighted by Gasteiger charge is 2.36. The van der Waals surface area contributed by atoms with Gasteiger partial charge in [0.15, 0.2) is 12.4 Å². The predicted octanol–water partition coefficient (Wildman–Crippen LogP) is 1.34. The first kappa shape index (κ1) is 16.6. The summed E-state index contributed by atoms with van der Waals surface area (Å²) < 4.78 is 6.20. The highest BCUT2D eigenvalue weighted by Crippen LogP contribution is 2.22. The Kier molecular flexibility index (Phi) is 3.80. The minimum absolute atomic E-state index is 0.0655. The number of fused-ring (bicyclic) bond motifs is 2. The summed E-state index contributed by atoms with van der Waals surface area (Å²) >= 11 is 0. The largest absolute Gasteiger partial charge is 0.439 e. The zero-order chi connectivity index (χ0) is 19.1. The molecule has 0 saturated carbocycles. The molecule has 134 valence electrons. The summed E-state index contributed by atoms with van der Waals surface area (Å²) in [6.45, 7) is -0.538. The molecule has 2 aromatic carbocycles. The lowest BCUT2D eigenvalue weighted by Crippen LogP contribution is -2.33. The first-order chi connectivity index (χ1) is 13.0. The fourth-order valence-electron chi connectivity index (χ4n) is 3.00. The lowest BCUT2D eigenvalue weighted by atomic mass is 10.1. The number of benzene rings is 2. The van der Waals surface area contributed by atoms with E-state index in [9.17, 15) is 19.2 Å². The van der Waals surface area contributed by atoms with Crippen molar-refractivity contribution in [3.05, 3.63) is 75.7 Å². The molecular weight excluding hydrogens is 350 g/mol. The molecule has 1 aromatic heterocycles. The summed E-state index contributed by atoms with van der Waals surface area (Å²) in [4.78, 5) is 50.1. The van der Waals surface area contributed by atoms with Crippen LogP contribution in [0, 0.1) is 0 Å². The van der Waals surface area contributed by atoms with Gasteiger partial charge in [0.2, 0.25) is 0 Å². The van der Waals surface area contributed by atoms with Crippen LogP contribution in [0.3, 0.4) is 0 Å². The lowest BCUT2D eigenvalue weighted by molar-refractivity contribution is 0.0223. The van der Waals surface area contributed by atoms with E-state index in [0.717, 1.165) is 9.58 Å². The molecule has 8 heteroatoms. The second-order valence-electron chi connectivity index (χ2n) is 5.97. The number of carbonyl (C=O) groups is 3. The van der Waals surface area contributed by atoms with Gasteiger partial charge in [-0.1, -0.05) is 30.3 Å². The van der Waals surface area contributed by atoms with Crippen LogP contribution in [0.2, 0.25) is 0 Å². The molecule has 0 spiro atoms. The Bertz CT molecular complexity index is 1150. The third-order valence-electron chi connectivity index (χ3n) is 4.35. The molecule has 0 unspecified atom stereocenters. The fourth-order valence-corrected chi connectivity index (χ4v) is 3.00. The highest BCUT2D eigenvalue weighted by atomic mass is 16.5. The number of aryl methyl sites for hydroxylation is 1. The van der Waals surface area contributed by atoms with Gasteiger partial charge >= 0.3 is 5.97 Å². The smallest absolute Gasteiger partial charge is 0.361 e. The van der Waals surface area contributed by atoms with Gasteiger partial charge in [0.25, 0.3) is 17.4 Å². The Morgan fingerprint density at radius 3 is 2.11 bits per heavy atom. The van der Waals surface area contributed by atoms with Crippen molar-refractivity contribution in [1.29, 1.82) is 0 Å². The predicted molar refractivity (Wildman–Crippen MR) is 94.2 cm³/mol. The number of esters is 1. The van der Waals surface area contributed by atoms with Gasteiger partial charge in [-0.15, -0.1) is 0 Å². The number of hydrogen-bond acceptors (Lipinski definition) is 6.